The first-order valence-electron chi connectivity index (χ1n) is 6.76. The van der Waals surface area contributed by atoms with Gasteiger partial charge in [-0.05, 0) is 58.4 Å². The summed E-state index contributed by atoms with van der Waals surface area (Å²) in [5.74, 6) is 0.0161. The van der Waals surface area contributed by atoms with Gasteiger partial charge in [-0.2, -0.15) is 0 Å². The van der Waals surface area contributed by atoms with Gasteiger partial charge in [0, 0.05) is 10.0 Å². The van der Waals surface area contributed by atoms with Crippen LogP contribution in [0.15, 0.2) is 28.4 Å². The molecule has 1 aromatic rings. The van der Waals surface area contributed by atoms with E-state index in [0.717, 1.165) is 4.47 Å². The summed E-state index contributed by atoms with van der Waals surface area (Å²) >= 11 is 3.31. The third-order valence-electron chi connectivity index (χ3n) is 4.18. The fourth-order valence-electron chi connectivity index (χ4n) is 2.06. The second-order valence-corrected chi connectivity index (χ2v) is 7.14. The zero-order valence-corrected chi connectivity index (χ0v) is 14.4. The maximum absolute atomic E-state index is 14.7. The molecule has 0 unspecified atom stereocenters. The van der Waals surface area contributed by atoms with Crippen molar-refractivity contribution in [2.75, 3.05) is 0 Å². The van der Waals surface area contributed by atoms with E-state index in [4.69, 9.17) is 9.31 Å². The van der Waals surface area contributed by atoms with Crippen molar-refractivity contribution in [3.8, 4) is 5.75 Å². The number of benzene rings is 1. The van der Waals surface area contributed by atoms with Crippen LogP contribution in [0.2, 0.25) is 0 Å². The zero-order valence-electron chi connectivity index (χ0n) is 12.8. The third kappa shape index (κ3) is 3.03. The van der Waals surface area contributed by atoms with Crippen LogP contribution in [0.1, 0.15) is 40.2 Å². The van der Waals surface area contributed by atoms with Gasteiger partial charge in [0.15, 0.2) is 0 Å². The van der Waals surface area contributed by atoms with Crippen molar-refractivity contribution >= 4 is 28.6 Å². The molecule has 1 aliphatic heterocycles. The van der Waals surface area contributed by atoms with E-state index >= 15 is 0 Å². The van der Waals surface area contributed by atoms with Crippen LogP contribution < -0.4 is 0 Å². The fourth-order valence-corrected chi connectivity index (χ4v) is 2.42. The van der Waals surface area contributed by atoms with E-state index in [1.54, 1.807) is 19.1 Å². The molecule has 0 spiro atoms. The largest absolute Gasteiger partial charge is 0.525 e. The molecule has 1 aromatic carbocycles. The first-order chi connectivity index (χ1) is 9.55. The Morgan fingerprint density at radius 3 is 2.24 bits per heavy atom. The first-order valence-corrected chi connectivity index (χ1v) is 7.55. The molecule has 0 amide bonds. The highest BCUT2D eigenvalue weighted by Crippen LogP contribution is 2.41. The van der Waals surface area contributed by atoms with Crippen molar-refractivity contribution in [1.29, 1.82) is 0 Å². The van der Waals surface area contributed by atoms with E-state index in [-0.39, 0.29) is 5.75 Å². The van der Waals surface area contributed by atoms with E-state index in [2.05, 4.69) is 15.9 Å². The number of hydrogen-bond acceptors (Lipinski definition) is 3. The SMILES string of the molecule is CC(=C(F)B1OC(C)(C)C(C)(C)O1)c1cc(Br)ccc1O. The Bertz CT molecular complexity index is 583. The molecule has 1 fully saturated rings. The minimum absolute atomic E-state index is 0.0161. The highest BCUT2D eigenvalue weighted by atomic mass is 79.9. The van der Waals surface area contributed by atoms with E-state index < -0.39 is 24.0 Å². The van der Waals surface area contributed by atoms with Crippen molar-refractivity contribution in [2.45, 2.75) is 45.8 Å². The Morgan fingerprint density at radius 2 is 1.71 bits per heavy atom. The first kappa shape index (κ1) is 16.5. The summed E-state index contributed by atoms with van der Waals surface area (Å²) in [6.07, 6.45) is 0. The molecule has 114 valence electrons. The molecule has 1 N–H and O–H groups in total. The van der Waals surface area contributed by atoms with Gasteiger partial charge in [-0.15, -0.1) is 0 Å². The standard InChI is InChI=1S/C15H19BBrFO3/c1-9(11-8-10(17)6-7-12(11)19)13(18)16-20-14(2,3)15(4,5)21-16/h6-8,19H,1-5H3. The van der Waals surface area contributed by atoms with Gasteiger partial charge in [0.1, 0.15) is 11.5 Å². The quantitative estimate of drug-likeness (QED) is 0.793. The van der Waals surface area contributed by atoms with Crippen LogP contribution in [0, 0.1) is 0 Å². The summed E-state index contributed by atoms with van der Waals surface area (Å²) in [5.41, 5.74) is -1.02. The summed E-state index contributed by atoms with van der Waals surface area (Å²) in [4.78, 5) is 0. The molecule has 0 aliphatic carbocycles. The van der Waals surface area contributed by atoms with Crippen LogP contribution in [0.4, 0.5) is 4.39 Å². The number of allylic oxidation sites excluding steroid dienone is 1. The smallest absolute Gasteiger partial charge is 0.507 e. The van der Waals surface area contributed by atoms with Crippen LogP contribution in [-0.4, -0.2) is 23.4 Å². The van der Waals surface area contributed by atoms with Crippen LogP contribution >= 0.6 is 15.9 Å². The van der Waals surface area contributed by atoms with Gasteiger partial charge in [0.2, 0.25) is 0 Å². The van der Waals surface area contributed by atoms with Gasteiger partial charge >= 0.3 is 7.12 Å². The second-order valence-electron chi connectivity index (χ2n) is 6.22. The molecule has 0 radical (unpaired) electrons. The highest BCUT2D eigenvalue weighted by molar-refractivity contribution is 9.10. The molecule has 0 bridgehead atoms. The van der Waals surface area contributed by atoms with Gasteiger partial charge < -0.3 is 14.4 Å². The van der Waals surface area contributed by atoms with Crippen molar-refractivity contribution in [3.05, 3.63) is 34.0 Å². The average Bonchev–Trinajstić information content (AvgIpc) is 2.59. The molecule has 1 aliphatic rings. The topological polar surface area (TPSA) is 38.7 Å². The molecule has 0 atom stereocenters. The molecule has 1 heterocycles. The van der Waals surface area contributed by atoms with Crippen LogP contribution in [-0.2, 0) is 9.31 Å². The van der Waals surface area contributed by atoms with Gasteiger partial charge in [0.05, 0.1) is 11.2 Å². The molecule has 3 nitrogen and oxygen atoms in total. The van der Waals surface area contributed by atoms with Crippen molar-refractivity contribution in [1.82, 2.24) is 0 Å². The average molecular weight is 357 g/mol. The summed E-state index contributed by atoms with van der Waals surface area (Å²) in [5, 5.41) is 9.90. The van der Waals surface area contributed by atoms with E-state index in [9.17, 15) is 9.50 Å². The highest BCUT2D eigenvalue weighted by Gasteiger charge is 2.53. The Morgan fingerprint density at radius 1 is 1.19 bits per heavy atom. The maximum Gasteiger partial charge on any atom is 0.525 e. The Hall–Kier alpha value is -0.845. The van der Waals surface area contributed by atoms with E-state index in [1.165, 1.54) is 6.07 Å². The van der Waals surface area contributed by atoms with Crippen molar-refractivity contribution in [3.63, 3.8) is 0 Å². The second kappa shape index (κ2) is 5.41. The normalized spacial score (nSPS) is 21.4. The van der Waals surface area contributed by atoms with Gasteiger partial charge in [-0.25, -0.2) is 4.39 Å². The number of phenolic OH excluding ortho intramolecular Hbond substituents is 1. The Labute approximate surface area is 133 Å². The minimum Gasteiger partial charge on any atom is -0.507 e. The zero-order chi connectivity index (χ0) is 16.0. The Balaban J connectivity index is 2.38. The molecular formula is C15H19BBrFO3. The lowest BCUT2D eigenvalue weighted by atomic mass is 9.83. The van der Waals surface area contributed by atoms with Crippen LogP contribution in [0.3, 0.4) is 0 Å². The lowest BCUT2D eigenvalue weighted by molar-refractivity contribution is 0.00578. The van der Waals surface area contributed by atoms with Crippen molar-refractivity contribution < 1.29 is 18.8 Å². The maximum atomic E-state index is 14.7. The predicted octanol–water partition coefficient (Wildman–Crippen LogP) is 4.49. The molecule has 1 saturated heterocycles. The molecular weight excluding hydrogens is 338 g/mol. The lowest BCUT2D eigenvalue weighted by Crippen LogP contribution is -2.41. The monoisotopic (exact) mass is 356 g/mol. The van der Waals surface area contributed by atoms with Crippen LogP contribution in [0.25, 0.3) is 5.57 Å². The number of aromatic hydroxyl groups is 1. The molecule has 21 heavy (non-hydrogen) atoms. The molecule has 6 heteroatoms. The summed E-state index contributed by atoms with van der Waals surface area (Å²) in [7, 11) is -1.06. The summed E-state index contributed by atoms with van der Waals surface area (Å²) in [6, 6.07) is 4.87. The number of halogens is 2. The lowest BCUT2D eigenvalue weighted by Gasteiger charge is -2.32. The van der Waals surface area contributed by atoms with Crippen molar-refractivity contribution in [2.24, 2.45) is 0 Å². The minimum atomic E-state index is -1.06. The van der Waals surface area contributed by atoms with Gasteiger partial charge in [0.25, 0.3) is 0 Å². The molecule has 0 saturated carbocycles. The predicted molar refractivity (Wildman–Crippen MR) is 85.6 cm³/mol. The van der Waals surface area contributed by atoms with Gasteiger partial charge in [-0.1, -0.05) is 15.9 Å². The summed E-state index contributed by atoms with van der Waals surface area (Å²) in [6.45, 7) is 9.07. The fraction of sp³-hybridized carbons (Fsp3) is 0.467. The van der Waals surface area contributed by atoms with E-state index in [0.29, 0.717) is 11.1 Å². The van der Waals surface area contributed by atoms with Gasteiger partial charge in [-0.3, -0.25) is 0 Å². The number of rotatable bonds is 2. The number of hydrogen-bond donors (Lipinski definition) is 1. The summed E-state index contributed by atoms with van der Waals surface area (Å²) < 4.78 is 26.8. The third-order valence-corrected chi connectivity index (χ3v) is 4.67. The van der Waals surface area contributed by atoms with Crippen LogP contribution in [0.5, 0.6) is 5.75 Å². The van der Waals surface area contributed by atoms with E-state index in [1.807, 2.05) is 27.7 Å². The molecule has 2 rings (SSSR count). The Kier molecular flexibility index (Phi) is 4.26. The number of phenols is 1. The molecule has 0 aromatic heterocycles.